The average molecular weight is 430 g/mol. The van der Waals surface area contributed by atoms with Gasteiger partial charge in [-0.25, -0.2) is 4.79 Å². The van der Waals surface area contributed by atoms with Gasteiger partial charge in [-0.15, -0.1) is 0 Å². The van der Waals surface area contributed by atoms with Crippen molar-refractivity contribution in [3.8, 4) is 0 Å². The van der Waals surface area contributed by atoms with Crippen LogP contribution in [0.2, 0.25) is 5.04 Å². The summed E-state index contributed by atoms with van der Waals surface area (Å²) in [6.45, 7) is 7.48. The van der Waals surface area contributed by atoms with E-state index in [0.29, 0.717) is 0 Å². The number of hydrogen-bond donors (Lipinski definition) is 2. The Bertz CT molecular complexity index is 796. The lowest BCUT2D eigenvalue weighted by molar-refractivity contribution is -0.147. The van der Waals surface area contributed by atoms with Crippen LogP contribution in [-0.2, 0) is 18.8 Å². The van der Waals surface area contributed by atoms with E-state index in [4.69, 9.17) is 4.43 Å². The monoisotopic (exact) mass is 429 g/mol. The van der Waals surface area contributed by atoms with Crippen molar-refractivity contribution < 1.29 is 23.9 Å². The van der Waals surface area contributed by atoms with Crippen molar-refractivity contribution in [3.63, 3.8) is 0 Å². The maximum absolute atomic E-state index is 12.9. The molecule has 30 heavy (non-hydrogen) atoms. The Kier molecular flexibility index (Phi) is 7.94. The van der Waals surface area contributed by atoms with Crippen molar-refractivity contribution >= 4 is 30.6 Å². The quantitative estimate of drug-likeness (QED) is 0.492. The van der Waals surface area contributed by atoms with Crippen molar-refractivity contribution in [2.75, 3.05) is 13.7 Å². The number of aliphatic hydroxyl groups excluding tert-OH is 1. The predicted molar refractivity (Wildman–Crippen MR) is 119 cm³/mol. The lowest BCUT2D eigenvalue weighted by Gasteiger charge is -2.44. The number of aliphatic hydroxyl groups is 1. The van der Waals surface area contributed by atoms with E-state index < -0.39 is 38.9 Å². The predicted octanol–water partition coefficient (Wildman–Crippen LogP) is 1.60. The van der Waals surface area contributed by atoms with E-state index in [0.717, 1.165) is 10.4 Å². The first-order valence-electron chi connectivity index (χ1n) is 9.95. The highest BCUT2D eigenvalue weighted by atomic mass is 28.4. The lowest BCUT2D eigenvalue weighted by Crippen LogP contribution is -2.68. The van der Waals surface area contributed by atoms with E-state index in [1.807, 2.05) is 60.7 Å². The molecule has 2 atom stereocenters. The van der Waals surface area contributed by atoms with Gasteiger partial charge < -0.3 is 19.6 Å². The van der Waals surface area contributed by atoms with Crippen LogP contribution in [0.3, 0.4) is 0 Å². The van der Waals surface area contributed by atoms with E-state index in [9.17, 15) is 14.7 Å². The molecule has 0 aliphatic heterocycles. The largest absolute Gasteiger partial charge is 0.467 e. The molecule has 0 saturated heterocycles. The number of ether oxygens (including phenoxy) is 1. The van der Waals surface area contributed by atoms with Gasteiger partial charge in [0.05, 0.1) is 13.7 Å². The third-order valence-corrected chi connectivity index (χ3v) is 10.2. The molecule has 2 N–H and O–H groups in total. The van der Waals surface area contributed by atoms with Gasteiger partial charge in [-0.3, -0.25) is 4.79 Å². The molecule has 2 aromatic carbocycles. The fourth-order valence-electron chi connectivity index (χ4n) is 3.62. The fourth-order valence-corrected chi connectivity index (χ4v) is 8.27. The van der Waals surface area contributed by atoms with E-state index in [2.05, 4.69) is 30.8 Å². The van der Waals surface area contributed by atoms with Crippen LogP contribution in [0.5, 0.6) is 0 Å². The summed E-state index contributed by atoms with van der Waals surface area (Å²) in [5.74, 6) is -1.18. The Balaban J connectivity index is 2.48. The van der Waals surface area contributed by atoms with Gasteiger partial charge in [0, 0.05) is 0 Å². The van der Waals surface area contributed by atoms with Crippen molar-refractivity contribution in [1.82, 2.24) is 5.32 Å². The second-order valence-electron chi connectivity index (χ2n) is 8.19. The zero-order valence-electron chi connectivity index (χ0n) is 18.2. The van der Waals surface area contributed by atoms with Crippen LogP contribution in [-0.4, -0.2) is 51.2 Å². The van der Waals surface area contributed by atoms with Crippen LogP contribution in [0.25, 0.3) is 0 Å². The first kappa shape index (κ1) is 23.8. The van der Waals surface area contributed by atoms with Crippen LogP contribution in [0.4, 0.5) is 0 Å². The van der Waals surface area contributed by atoms with Gasteiger partial charge in [0.15, 0.2) is 6.04 Å². The summed E-state index contributed by atoms with van der Waals surface area (Å²) in [4.78, 5) is 24.6. The van der Waals surface area contributed by atoms with Crippen LogP contribution in [0.15, 0.2) is 60.7 Å². The fraction of sp³-hybridized carbons (Fsp3) is 0.391. The Morgan fingerprint density at radius 3 is 1.83 bits per heavy atom. The van der Waals surface area contributed by atoms with Crippen LogP contribution in [0.1, 0.15) is 27.7 Å². The number of benzene rings is 2. The van der Waals surface area contributed by atoms with Gasteiger partial charge in [0.25, 0.3) is 8.32 Å². The van der Waals surface area contributed by atoms with E-state index in [1.54, 1.807) is 6.92 Å². The van der Waals surface area contributed by atoms with E-state index in [-0.39, 0.29) is 5.04 Å². The van der Waals surface area contributed by atoms with Crippen molar-refractivity contribution in [2.24, 2.45) is 0 Å². The molecule has 0 aliphatic carbocycles. The SMILES string of the molecule is COC(=O)[C@H](CO)NC(=O)[C@H](C)O[Si](c1ccccc1)(c1ccccc1)C(C)(C)C. The molecule has 0 aliphatic rings. The number of carbonyl (C=O) groups excluding carboxylic acids is 2. The molecule has 0 bridgehead atoms. The molecule has 0 unspecified atom stereocenters. The summed E-state index contributed by atoms with van der Waals surface area (Å²) in [6.07, 6.45) is -0.852. The molecular formula is C23H31NO5Si. The minimum absolute atomic E-state index is 0.289. The summed E-state index contributed by atoms with van der Waals surface area (Å²) >= 11 is 0. The molecule has 7 heteroatoms. The summed E-state index contributed by atoms with van der Waals surface area (Å²) in [5.41, 5.74) is 0. The molecule has 6 nitrogen and oxygen atoms in total. The van der Waals surface area contributed by atoms with Gasteiger partial charge >= 0.3 is 5.97 Å². The molecular weight excluding hydrogens is 398 g/mol. The standard InChI is InChI=1S/C23H31NO5Si/c1-17(21(26)24-20(16-25)22(27)28-5)29-30(23(2,3)4,18-12-8-6-9-13-18)19-14-10-7-11-15-19/h6-15,17,20,25H,16H2,1-5H3,(H,24,26)/t17-,20-/m0/s1. The zero-order valence-corrected chi connectivity index (χ0v) is 19.2. The summed E-state index contributed by atoms with van der Waals surface area (Å²) in [6, 6.07) is 18.8. The molecule has 0 spiro atoms. The molecule has 0 fully saturated rings. The van der Waals surface area contributed by atoms with Gasteiger partial charge in [-0.1, -0.05) is 81.4 Å². The summed E-state index contributed by atoms with van der Waals surface area (Å²) < 4.78 is 11.3. The molecule has 2 rings (SSSR count). The molecule has 1 amide bonds. The molecule has 0 aromatic heterocycles. The Labute approximate surface area is 179 Å². The number of nitrogens with one attached hydrogen (secondary N) is 1. The van der Waals surface area contributed by atoms with Gasteiger partial charge in [0.1, 0.15) is 6.10 Å². The zero-order chi connectivity index (χ0) is 22.4. The molecule has 162 valence electrons. The maximum atomic E-state index is 12.9. The average Bonchev–Trinajstić information content (AvgIpc) is 2.75. The summed E-state index contributed by atoms with van der Waals surface area (Å²) in [5, 5.41) is 13.8. The number of rotatable bonds is 8. The second-order valence-corrected chi connectivity index (χ2v) is 12.4. The third-order valence-electron chi connectivity index (χ3n) is 5.12. The van der Waals surface area contributed by atoms with E-state index >= 15 is 0 Å². The van der Waals surface area contributed by atoms with Crippen molar-refractivity contribution in [3.05, 3.63) is 60.7 Å². The topological polar surface area (TPSA) is 84.9 Å². The summed E-state index contributed by atoms with van der Waals surface area (Å²) in [7, 11) is -1.70. The Morgan fingerprint density at radius 1 is 1.00 bits per heavy atom. The smallest absolute Gasteiger partial charge is 0.330 e. The third kappa shape index (κ3) is 4.98. The number of amides is 1. The molecule has 0 saturated carbocycles. The molecule has 2 aromatic rings. The first-order chi connectivity index (χ1) is 14.2. The molecule has 0 heterocycles. The van der Waals surface area contributed by atoms with Crippen molar-refractivity contribution in [1.29, 1.82) is 0 Å². The Morgan fingerprint density at radius 2 is 1.47 bits per heavy atom. The van der Waals surface area contributed by atoms with Crippen LogP contribution < -0.4 is 15.7 Å². The van der Waals surface area contributed by atoms with Crippen LogP contribution >= 0.6 is 0 Å². The second kappa shape index (κ2) is 10.0. The molecule has 0 radical (unpaired) electrons. The van der Waals surface area contributed by atoms with Crippen LogP contribution in [0, 0.1) is 0 Å². The maximum Gasteiger partial charge on any atom is 0.330 e. The van der Waals surface area contributed by atoms with Gasteiger partial charge in [-0.2, -0.15) is 0 Å². The van der Waals surface area contributed by atoms with Gasteiger partial charge in [-0.05, 0) is 22.3 Å². The highest BCUT2D eigenvalue weighted by molar-refractivity contribution is 6.99. The van der Waals surface area contributed by atoms with E-state index in [1.165, 1.54) is 7.11 Å². The van der Waals surface area contributed by atoms with Crippen molar-refractivity contribution in [2.45, 2.75) is 44.9 Å². The highest BCUT2D eigenvalue weighted by Crippen LogP contribution is 2.37. The normalized spacial score (nSPS) is 13.9. The lowest BCUT2D eigenvalue weighted by atomic mass is 10.2. The first-order valence-corrected chi connectivity index (χ1v) is 11.9. The van der Waals surface area contributed by atoms with Gasteiger partial charge in [0.2, 0.25) is 5.91 Å². The minimum atomic E-state index is -2.91. The number of carbonyl (C=O) groups is 2. The number of methoxy groups -OCH3 is 1. The Hall–Kier alpha value is -2.48. The number of esters is 1. The highest BCUT2D eigenvalue weighted by Gasteiger charge is 2.51. The number of hydrogen-bond acceptors (Lipinski definition) is 5. The minimum Gasteiger partial charge on any atom is -0.467 e.